The monoisotopic (exact) mass is 1300 g/mol. The normalized spacial score (nSPS) is 12.8. The molecule has 0 fully saturated rings. The topological polar surface area (TPSA) is 315 Å². The van der Waals surface area contributed by atoms with Gasteiger partial charge < -0.3 is 102 Å². The fourth-order valence-corrected chi connectivity index (χ4v) is 7.62. The molecule has 90 heavy (non-hydrogen) atoms. The fourth-order valence-electron chi connectivity index (χ4n) is 7.62. The van der Waals surface area contributed by atoms with E-state index in [0.717, 1.165) is 12.8 Å². The molecule has 1 aromatic heterocycles. The minimum Gasteiger partial charge on any atom is -0.460 e. The van der Waals surface area contributed by atoms with Crippen LogP contribution in [0.5, 0.6) is 0 Å². The Morgan fingerprint density at radius 3 is 1.20 bits per heavy atom. The van der Waals surface area contributed by atoms with Gasteiger partial charge in [-0.2, -0.15) is 0 Å². The molecule has 0 spiro atoms. The number of carbonyl (C=O) groups is 4. The molecule has 0 aliphatic heterocycles. The van der Waals surface area contributed by atoms with E-state index in [4.69, 9.17) is 91.0 Å². The molecule has 0 radical (unpaired) electrons. The summed E-state index contributed by atoms with van der Waals surface area (Å²) >= 11 is 0. The van der Waals surface area contributed by atoms with Crippen LogP contribution in [0.3, 0.4) is 0 Å². The highest BCUT2D eigenvalue weighted by atomic mass is 16.6. The number of hydrogen-bond acceptors (Lipinski definition) is 25. The highest BCUT2D eigenvalue weighted by molar-refractivity contribution is 5.84. The zero-order valence-corrected chi connectivity index (χ0v) is 56.3. The molecule has 0 saturated heterocycles. The number of amides is 2. The van der Waals surface area contributed by atoms with Crippen molar-refractivity contribution in [1.82, 2.24) is 25.6 Å². The maximum atomic E-state index is 13.3. The molecule has 2 amide bonds. The van der Waals surface area contributed by atoms with Gasteiger partial charge in [0.25, 0.3) is 0 Å². The zero-order valence-electron chi connectivity index (χ0n) is 56.3. The summed E-state index contributed by atoms with van der Waals surface area (Å²) in [6.07, 6.45) is 5.60. The number of esters is 2. The van der Waals surface area contributed by atoms with Crippen molar-refractivity contribution in [2.24, 2.45) is 11.1 Å². The Labute approximate surface area is 536 Å². The second kappa shape index (κ2) is 56.8. The molecule has 2 atom stereocenters. The predicted molar refractivity (Wildman–Crippen MR) is 333 cm³/mol. The van der Waals surface area contributed by atoms with Crippen molar-refractivity contribution in [2.45, 2.75) is 150 Å². The first-order chi connectivity index (χ1) is 43.3. The highest BCUT2D eigenvalue weighted by Crippen LogP contribution is 2.24. The van der Waals surface area contributed by atoms with E-state index in [-0.39, 0.29) is 30.1 Å². The number of nitrogens with one attached hydrogen (secondary N) is 2. The Morgan fingerprint density at radius 2 is 0.811 bits per heavy atom. The van der Waals surface area contributed by atoms with Gasteiger partial charge in [0.05, 0.1) is 211 Å². The van der Waals surface area contributed by atoms with Gasteiger partial charge in [0.1, 0.15) is 28.7 Å². The van der Waals surface area contributed by atoms with Crippen LogP contribution in [0.25, 0.3) is 0 Å². The number of nitrogens with zero attached hydrogens (tertiary/aromatic N) is 3. The summed E-state index contributed by atoms with van der Waals surface area (Å²) < 4.78 is 101. The Morgan fingerprint density at radius 1 is 0.433 bits per heavy atom. The summed E-state index contributed by atoms with van der Waals surface area (Å²) in [6, 6.07) is -1.74. The smallest absolute Gasteiger partial charge is 0.329 e. The van der Waals surface area contributed by atoms with E-state index in [1.807, 2.05) is 27.0 Å². The molecule has 0 bridgehead atoms. The second-order valence-electron chi connectivity index (χ2n) is 23.6. The van der Waals surface area contributed by atoms with Crippen molar-refractivity contribution in [3.63, 3.8) is 0 Å². The molecule has 0 unspecified atom stereocenters. The van der Waals surface area contributed by atoms with Crippen molar-refractivity contribution in [3.8, 4) is 0 Å². The predicted octanol–water partition coefficient (Wildman–Crippen LogP) is 4.46. The Hall–Kier alpha value is -3.66. The lowest BCUT2D eigenvalue weighted by atomic mass is 9.84. The summed E-state index contributed by atoms with van der Waals surface area (Å²) in [5.41, 5.74) is 4.35. The van der Waals surface area contributed by atoms with Crippen molar-refractivity contribution in [1.29, 1.82) is 0 Å². The van der Waals surface area contributed by atoms with Crippen LogP contribution in [0.2, 0.25) is 0 Å². The summed E-state index contributed by atoms with van der Waals surface area (Å²) in [7, 11) is 0. The average Bonchev–Trinajstić information content (AvgIpc) is 3.34. The molecule has 0 aliphatic carbocycles. The van der Waals surface area contributed by atoms with Crippen molar-refractivity contribution >= 4 is 23.8 Å². The Bertz CT molecular complexity index is 1850. The third kappa shape index (κ3) is 57.0. The van der Waals surface area contributed by atoms with Crippen LogP contribution in [0.1, 0.15) is 119 Å². The van der Waals surface area contributed by atoms with Gasteiger partial charge in [-0.3, -0.25) is 14.3 Å². The highest BCUT2D eigenvalue weighted by Gasteiger charge is 2.31. The number of aromatic nitrogens is 3. The first-order valence-electron chi connectivity index (χ1n) is 32.2. The lowest BCUT2D eigenvalue weighted by Gasteiger charge is -2.32. The molecule has 4 N–H and O–H groups in total. The molecule has 0 aromatic carbocycles. The minimum absolute atomic E-state index is 0.0395. The van der Waals surface area contributed by atoms with Gasteiger partial charge in [-0.05, 0) is 79.1 Å². The molecule has 0 saturated carbocycles. The summed E-state index contributed by atoms with van der Waals surface area (Å²) in [6.45, 7) is 32.5. The van der Waals surface area contributed by atoms with Gasteiger partial charge in [0, 0.05) is 45.0 Å². The van der Waals surface area contributed by atoms with Gasteiger partial charge in [-0.15, -0.1) is 5.10 Å². The third-order valence-electron chi connectivity index (χ3n) is 12.1. The number of ketones is 1. The van der Waals surface area contributed by atoms with Gasteiger partial charge in [-0.25, -0.2) is 9.59 Å². The first-order valence-corrected chi connectivity index (χ1v) is 32.2. The van der Waals surface area contributed by atoms with Crippen molar-refractivity contribution in [2.75, 3.05) is 211 Å². The summed E-state index contributed by atoms with van der Waals surface area (Å²) in [5, 5.41) is 14.2. The van der Waals surface area contributed by atoms with Crippen LogP contribution in [0, 0.1) is 5.41 Å². The van der Waals surface area contributed by atoms with Gasteiger partial charge in [0.2, 0.25) is 0 Å². The maximum absolute atomic E-state index is 13.3. The first kappa shape index (κ1) is 84.4. The van der Waals surface area contributed by atoms with Gasteiger partial charge in [-0.1, -0.05) is 26.0 Å². The number of urea groups is 1. The summed E-state index contributed by atoms with van der Waals surface area (Å²) in [5.74, 6) is -0.936. The fraction of sp³-hybridized carbons (Fsp3) is 0.903. The molecule has 28 heteroatoms. The number of ether oxygens (including phenoxy) is 18. The van der Waals surface area contributed by atoms with Crippen molar-refractivity contribution < 1.29 is 104 Å². The minimum atomic E-state index is -1.03. The molecule has 1 aromatic rings. The van der Waals surface area contributed by atoms with Crippen LogP contribution < -0.4 is 16.4 Å². The number of hydrogen-bond donors (Lipinski definition) is 3. The van der Waals surface area contributed by atoms with Crippen molar-refractivity contribution in [3.05, 3.63) is 11.9 Å². The van der Waals surface area contributed by atoms with E-state index >= 15 is 0 Å². The van der Waals surface area contributed by atoms with E-state index in [1.54, 1.807) is 46.2 Å². The quantitative estimate of drug-likeness (QED) is 0.0599. The van der Waals surface area contributed by atoms with E-state index in [9.17, 15) is 19.2 Å². The molecular formula is C62H118N6O22. The Balaban J connectivity index is 1.88. The second-order valence-corrected chi connectivity index (χ2v) is 23.6. The number of nitrogens with two attached hydrogens (primary N) is 1. The van der Waals surface area contributed by atoms with Crippen LogP contribution in [0.15, 0.2) is 6.20 Å². The van der Waals surface area contributed by atoms with E-state index in [2.05, 4.69) is 20.9 Å². The van der Waals surface area contributed by atoms with Gasteiger partial charge in [0.15, 0.2) is 0 Å². The van der Waals surface area contributed by atoms with Crippen LogP contribution in [-0.2, 0) is 113 Å². The maximum Gasteiger partial charge on any atom is 0.329 e. The average molecular weight is 1300 g/mol. The largest absolute Gasteiger partial charge is 0.460 e. The molecular weight excluding hydrogens is 1180 g/mol. The molecule has 28 nitrogen and oxygen atoms in total. The van der Waals surface area contributed by atoms with E-state index in [0.29, 0.717) is 256 Å². The molecule has 528 valence electrons. The lowest BCUT2D eigenvalue weighted by molar-refractivity contribution is -0.158. The number of unbranched alkanes of at least 4 members (excludes halogenated alkanes) is 1. The number of aryl methyl sites for hydroxylation is 1. The number of rotatable bonds is 64. The lowest BCUT2D eigenvalue weighted by Crippen LogP contribution is -2.53. The summed E-state index contributed by atoms with van der Waals surface area (Å²) in [4.78, 5) is 50.8. The third-order valence-corrected chi connectivity index (χ3v) is 12.1. The van der Waals surface area contributed by atoms with E-state index in [1.165, 1.54) is 0 Å². The van der Waals surface area contributed by atoms with Crippen LogP contribution >= 0.6 is 0 Å². The van der Waals surface area contributed by atoms with Crippen LogP contribution in [0.4, 0.5) is 4.79 Å². The molecule has 1 rings (SSSR count). The van der Waals surface area contributed by atoms with E-state index < -0.39 is 35.2 Å². The standard InChI is InChI=1S/C62H118N6O22/c1-60(2,3)56(65-59(72)64-55(58(71)90-62(7,8)9)15-16-57(70)89-61(4,5)6)14-10-11-19-68-51-53(66-67-68)52-88-50-49-87-48-47-86-46-45-85-44-43-82-38-35-79-32-29-76-26-23-73-20-12-13-54(69)17-21-74-24-27-77-30-33-80-36-39-83-41-42-84-40-37-81-34-31-78-28-25-75-22-18-63/h51,55-56H,10-50,52,63H2,1-9H3,(H2,64,65,72)/t55-,56-/m0/s1. The zero-order chi connectivity index (χ0) is 66.1. The Kier molecular flexibility index (Phi) is 53.3. The van der Waals surface area contributed by atoms with Gasteiger partial charge >= 0.3 is 18.0 Å². The molecule has 1 heterocycles. The SMILES string of the molecule is CC(C)(C)OC(=O)CC[C@H](NC(=O)N[C@@H](CCCCn1cc(COCCOCCOCCOCCOCCOCCOCCOCCCC(=O)CCOCCOCCOCCOCCOCCOCCOCCOCCN)nn1)C(C)(C)C)C(=O)OC(C)(C)C. The number of Topliss-reactive ketones (excluding diaryl/α,β-unsaturated/α-hetero) is 1. The molecule has 0 aliphatic rings. The number of carbonyl (C=O) groups excluding carboxylic acids is 4. The van der Waals surface area contributed by atoms with Crippen LogP contribution in [-0.4, -0.2) is 273 Å².